The monoisotopic (exact) mass is 426 g/mol. The zero-order valence-corrected chi connectivity index (χ0v) is 21.6. The summed E-state index contributed by atoms with van der Waals surface area (Å²) < 4.78 is 0. The first-order valence-electron chi connectivity index (χ1n) is 13.7. The molecule has 0 aliphatic heterocycles. The fourth-order valence-electron chi connectivity index (χ4n) is 9.28. The molecule has 4 aliphatic carbocycles. The Kier molecular flexibility index (Phi) is 6.59. The van der Waals surface area contributed by atoms with Gasteiger partial charge < -0.3 is 5.11 Å². The Morgan fingerprint density at radius 1 is 1.06 bits per heavy atom. The highest BCUT2D eigenvalue weighted by atomic mass is 16.3. The molecule has 4 aliphatic rings. The average Bonchev–Trinajstić information content (AvgIpc) is 3.08. The summed E-state index contributed by atoms with van der Waals surface area (Å²) in [4.78, 5) is 0. The number of rotatable bonds is 5. The Balaban J connectivity index is 1.51. The van der Waals surface area contributed by atoms with E-state index >= 15 is 0 Å². The standard InChI is InChI=1S/C30H50O/c1-8-22(19(2)3)10-9-20(4)24-13-14-26-23-11-12-25-21(5)28(31)16-18-30(25,7)27(23)15-17-29(24,26)6/h8,11,19-21,24-28,31H,9-10,12-18H2,1-7H3/b22-8-/t20-,21?,24-,25?,26?,27?,28+,29-,30+/m1/s1. The first-order valence-corrected chi connectivity index (χ1v) is 13.7. The molecule has 0 bridgehead atoms. The number of allylic oxidation sites excluding steroid dienone is 4. The molecule has 3 fully saturated rings. The van der Waals surface area contributed by atoms with E-state index in [1.165, 1.54) is 51.4 Å². The van der Waals surface area contributed by atoms with Crippen molar-refractivity contribution in [2.45, 2.75) is 112 Å². The lowest BCUT2D eigenvalue weighted by Crippen LogP contribution is -2.52. The Morgan fingerprint density at radius 3 is 2.42 bits per heavy atom. The highest BCUT2D eigenvalue weighted by molar-refractivity contribution is 5.28. The molecule has 0 spiro atoms. The van der Waals surface area contributed by atoms with Gasteiger partial charge in [-0.2, -0.15) is 0 Å². The maximum Gasteiger partial charge on any atom is 0.0568 e. The van der Waals surface area contributed by atoms with Crippen LogP contribution in [0.5, 0.6) is 0 Å². The normalized spacial score (nSPS) is 46.2. The SMILES string of the molecule is C/C=C(/CC[C@@H](C)[C@H]1CCC2C3=CCC4C(C)[C@@H](O)CC[C@]4(C)C3CC[C@@]21C)C(C)C. The zero-order valence-electron chi connectivity index (χ0n) is 21.6. The second-order valence-electron chi connectivity index (χ2n) is 12.9. The van der Waals surface area contributed by atoms with Crippen LogP contribution in [0.4, 0.5) is 0 Å². The largest absolute Gasteiger partial charge is 0.393 e. The van der Waals surface area contributed by atoms with E-state index < -0.39 is 0 Å². The summed E-state index contributed by atoms with van der Waals surface area (Å²) in [5.41, 5.74) is 4.45. The molecule has 9 atom stereocenters. The first kappa shape index (κ1) is 23.6. The van der Waals surface area contributed by atoms with Crippen LogP contribution in [0.25, 0.3) is 0 Å². The highest BCUT2D eigenvalue weighted by Crippen LogP contribution is 2.67. The molecule has 31 heavy (non-hydrogen) atoms. The third kappa shape index (κ3) is 3.79. The molecule has 3 saturated carbocycles. The van der Waals surface area contributed by atoms with Crippen LogP contribution < -0.4 is 0 Å². The van der Waals surface area contributed by atoms with Gasteiger partial charge in [0.25, 0.3) is 0 Å². The van der Waals surface area contributed by atoms with Crippen LogP contribution in [0.2, 0.25) is 0 Å². The van der Waals surface area contributed by atoms with E-state index in [1.54, 1.807) is 5.57 Å². The minimum Gasteiger partial charge on any atom is -0.393 e. The molecule has 0 aromatic carbocycles. The van der Waals surface area contributed by atoms with E-state index in [0.717, 1.165) is 30.1 Å². The van der Waals surface area contributed by atoms with Crippen molar-refractivity contribution in [3.05, 3.63) is 23.3 Å². The van der Waals surface area contributed by atoms with Gasteiger partial charge in [-0.05, 0) is 117 Å². The van der Waals surface area contributed by atoms with E-state index in [-0.39, 0.29) is 6.10 Å². The van der Waals surface area contributed by atoms with Gasteiger partial charge in [0, 0.05) is 0 Å². The van der Waals surface area contributed by atoms with Gasteiger partial charge in [-0.25, -0.2) is 0 Å². The highest BCUT2D eigenvalue weighted by Gasteiger charge is 2.59. The van der Waals surface area contributed by atoms with Crippen LogP contribution >= 0.6 is 0 Å². The predicted molar refractivity (Wildman–Crippen MR) is 133 cm³/mol. The second kappa shape index (κ2) is 8.66. The second-order valence-corrected chi connectivity index (χ2v) is 12.9. The topological polar surface area (TPSA) is 20.2 Å². The van der Waals surface area contributed by atoms with E-state index in [4.69, 9.17) is 0 Å². The van der Waals surface area contributed by atoms with E-state index in [2.05, 4.69) is 60.6 Å². The van der Waals surface area contributed by atoms with Crippen LogP contribution in [0.3, 0.4) is 0 Å². The molecule has 0 heterocycles. The zero-order chi connectivity index (χ0) is 22.6. The van der Waals surface area contributed by atoms with Crippen LogP contribution in [-0.4, -0.2) is 11.2 Å². The van der Waals surface area contributed by atoms with E-state index in [1.807, 2.05) is 5.57 Å². The number of fused-ring (bicyclic) bond motifs is 5. The fourth-order valence-corrected chi connectivity index (χ4v) is 9.28. The summed E-state index contributed by atoms with van der Waals surface area (Å²) in [6, 6.07) is 0. The van der Waals surface area contributed by atoms with Gasteiger partial charge >= 0.3 is 0 Å². The van der Waals surface area contributed by atoms with E-state index in [0.29, 0.717) is 28.6 Å². The van der Waals surface area contributed by atoms with Gasteiger partial charge in [-0.15, -0.1) is 0 Å². The summed E-state index contributed by atoms with van der Waals surface area (Å²) >= 11 is 0. The fraction of sp³-hybridized carbons (Fsp3) is 0.867. The third-order valence-corrected chi connectivity index (χ3v) is 11.3. The molecule has 0 aromatic heterocycles. The summed E-state index contributed by atoms with van der Waals surface area (Å²) in [6.45, 7) is 17.1. The lowest BCUT2D eigenvalue weighted by Gasteiger charge is -2.59. The molecule has 0 radical (unpaired) electrons. The van der Waals surface area contributed by atoms with Crippen molar-refractivity contribution in [3.63, 3.8) is 0 Å². The molecule has 1 nitrogen and oxygen atoms in total. The lowest BCUT2D eigenvalue weighted by atomic mass is 9.46. The number of hydrogen-bond donors (Lipinski definition) is 1. The van der Waals surface area contributed by atoms with Gasteiger partial charge in [0.2, 0.25) is 0 Å². The molecule has 0 amide bonds. The van der Waals surface area contributed by atoms with Crippen molar-refractivity contribution >= 4 is 0 Å². The molecular formula is C30H50O. The molecule has 4 unspecified atom stereocenters. The summed E-state index contributed by atoms with van der Waals surface area (Å²) in [6.07, 6.45) is 16.8. The van der Waals surface area contributed by atoms with Gasteiger partial charge in [0.05, 0.1) is 6.10 Å². The summed E-state index contributed by atoms with van der Waals surface area (Å²) in [5, 5.41) is 10.5. The smallest absolute Gasteiger partial charge is 0.0568 e. The Morgan fingerprint density at radius 2 is 1.74 bits per heavy atom. The van der Waals surface area contributed by atoms with Crippen LogP contribution in [0.15, 0.2) is 23.3 Å². The number of aliphatic hydroxyl groups excluding tert-OH is 1. The first-order chi connectivity index (χ1) is 14.6. The number of hydrogen-bond acceptors (Lipinski definition) is 1. The maximum atomic E-state index is 10.5. The van der Waals surface area contributed by atoms with Crippen LogP contribution in [0, 0.1) is 52.3 Å². The van der Waals surface area contributed by atoms with Crippen molar-refractivity contribution in [1.29, 1.82) is 0 Å². The molecule has 1 N–H and O–H groups in total. The van der Waals surface area contributed by atoms with Gasteiger partial charge in [-0.1, -0.05) is 64.8 Å². The summed E-state index contributed by atoms with van der Waals surface area (Å²) in [5.74, 6) is 5.16. The quantitative estimate of drug-likeness (QED) is 0.439. The molecule has 0 saturated heterocycles. The number of aliphatic hydroxyl groups is 1. The lowest BCUT2D eigenvalue weighted by molar-refractivity contribution is -0.0773. The van der Waals surface area contributed by atoms with Crippen LogP contribution in [0.1, 0.15) is 106 Å². The van der Waals surface area contributed by atoms with Crippen molar-refractivity contribution in [1.82, 2.24) is 0 Å². The maximum absolute atomic E-state index is 10.5. The molecule has 4 rings (SSSR count). The van der Waals surface area contributed by atoms with Crippen LogP contribution in [-0.2, 0) is 0 Å². The predicted octanol–water partition coefficient (Wildman–Crippen LogP) is 8.19. The Bertz CT molecular complexity index is 716. The minimum absolute atomic E-state index is 0.0773. The van der Waals surface area contributed by atoms with Gasteiger partial charge in [0.15, 0.2) is 0 Å². The van der Waals surface area contributed by atoms with Crippen molar-refractivity contribution < 1.29 is 5.11 Å². The molecule has 176 valence electrons. The molecule has 0 aromatic rings. The summed E-state index contributed by atoms with van der Waals surface area (Å²) in [7, 11) is 0. The van der Waals surface area contributed by atoms with E-state index in [9.17, 15) is 5.11 Å². The minimum atomic E-state index is -0.0773. The average molecular weight is 427 g/mol. The van der Waals surface area contributed by atoms with Crippen molar-refractivity contribution in [2.75, 3.05) is 0 Å². The van der Waals surface area contributed by atoms with Crippen molar-refractivity contribution in [2.24, 2.45) is 52.3 Å². The Labute approximate surface area is 193 Å². The molecule has 1 heteroatoms. The van der Waals surface area contributed by atoms with Gasteiger partial charge in [-0.3, -0.25) is 0 Å². The van der Waals surface area contributed by atoms with Gasteiger partial charge in [0.1, 0.15) is 0 Å². The Hall–Kier alpha value is -0.560. The third-order valence-electron chi connectivity index (χ3n) is 11.3. The molecular weight excluding hydrogens is 376 g/mol. The van der Waals surface area contributed by atoms with Crippen molar-refractivity contribution in [3.8, 4) is 0 Å².